The predicted molar refractivity (Wildman–Crippen MR) is 78.3 cm³/mol. The summed E-state index contributed by atoms with van der Waals surface area (Å²) in [6.07, 6.45) is -0.272. The maximum Gasteiger partial charge on any atom is 0.243 e. The third-order valence-electron chi connectivity index (χ3n) is 3.40. The number of benzene rings is 1. The normalized spacial score (nSPS) is 22.7. The summed E-state index contributed by atoms with van der Waals surface area (Å²) in [5, 5.41) is 0.525. The Morgan fingerprint density at radius 3 is 2.80 bits per heavy atom. The highest BCUT2D eigenvalue weighted by molar-refractivity contribution is 7.89. The van der Waals surface area contributed by atoms with Crippen molar-refractivity contribution < 1.29 is 13.2 Å². The van der Waals surface area contributed by atoms with Crippen molar-refractivity contribution >= 4 is 21.6 Å². The Morgan fingerprint density at radius 1 is 1.50 bits per heavy atom. The summed E-state index contributed by atoms with van der Waals surface area (Å²) >= 11 is 5.87. The molecule has 1 aliphatic heterocycles. The van der Waals surface area contributed by atoms with Crippen LogP contribution >= 0.6 is 11.6 Å². The predicted octanol–water partition coefficient (Wildman–Crippen LogP) is 1.39. The van der Waals surface area contributed by atoms with Crippen LogP contribution in [0.5, 0.6) is 0 Å². The summed E-state index contributed by atoms with van der Waals surface area (Å²) in [7, 11) is -3.54. The fourth-order valence-electron chi connectivity index (χ4n) is 2.23. The average molecular weight is 319 g/mol. The van der Waals surface area contributed by atoms with Gasteiger partial charge in [-0.3, -0.25) is 0 Å². The smallest absolute Gasteiger partial charge is 0.243 e. The van der Waals surface area contributed by atoms with E-state index in [4.69, 9.17) is 22.1 Å². The summed E-state index contributed by atoms with van der Waals surface area (Å²) in [5.41, 5.74) is 6.44. The monoisotopic (exact) mass is 318 g/mol. The standard InChI is InChI=1S/C13H19ClN2O3S/c1-9-7-11(14)3-4-13(9)20(17,18)16-5-6-19-12(8-16)10(2)15/h3-4,7,10,12H,5-6,8,15H2,1-2H3. The second-order valence-corrected chi connectivity index (χ2v) is 7.38. The molecule has 0 amide bonds. The number of nitrogens with two attached hydrogens (primary N) is 1. The van der Waals surface area contributed by atoms with Crippen LogP contribution in [0.3, 0.4) is 0 Å². The molecule has 0 spiro atoms. The highest BCUT2D eigenvalue weighted by Gasteiger charge is 2.32. The van der Waals surface area contributed by atoms with Crippen LogP contribution in [-0.2, 0) is 14.8 Å². The van der Waals surface area contributed by atoms with Crippen molar-refractivity contribution in [2.24, 2.45) is 5.73 Å². The van der Waals surface area contributed by atoms with E-state index < -0.39 is 10.0 Å². The molecule has 5 nitrogen and oxygen atoms in total. The van der Waals surface area contributed by atoms with Gasteiger partial charge in [0.05, 0.1) is 17.6 Å². The van der Waals surface area contributed by atoms with Crippen LogP contribution < -0.4 is 5.73 Å². The lowest BCUT2D eigenvalue weighted by Gasteiger charge is -2.34. The zero-order valence-electron chi connectivity index (χ0n) is 11.5. The Labute approximate surface area is 124 Å². The van der Waals surface area contributed by atoms with Crippen LogP contribution in [0.1, 0.15) is 12.5 Å². The van der Waals surface area contributed by atoms with Gasteiger partial charge < -0.3 is 10.5 Å². The highest BCUT2D eigenvalue weighted by atomic mass is 35.5. The van der Waals surface area contributed by atoms with E-state index in [1.54, 1.807) is 25.1 Å². The Hall–Kier alpha value is -0.660. The van der Waals surface area contributed by atoms with Gasteiger partial charge in [0.25, 0.3) is 0 Å². The van der Waals surface area contributed by atoms with Gasteiger partial charge in [-0.15, -0.1) is 0 Å². The summed E-state index contributed by atoms with van der Waals surface area (Å²) in [6, 6.07) is 4.57. The molecule has 2 rings (SSSR count). The van der Waals surface area contributed by atoms with Gasteiger partial charge in [-0.2, -0.15) is 4.31 Å². The molecule has 0 bridgehead atoms. The number of rotatable bonds is 3. The molecule has 1 aromatic carbocycles. The molecule has 7 heteroatoms. The van der Waals surface area contributed by atoms with Crippen molar-refractivity contribution in [2.45, 2.75) is 30.9 Å². The minimum absolute atomic E-state index is 0.209. The zero-order valence-corrected chi connectivity index (χ0v) is 13.1. The van der Waals surface area contributed by atoms with Gasteiger partial charge >= 0.3 is 0 Å². The van der Waals surface area contributed by atoms with E-state index in [9.17, 15) is 8.42 Å². The van der Waals surface area contributed by atoms with Crippen LogP contribution in [0.4, 0.5) is 0 Å². The number of morpholine rings is 1. The topological polar surface area (TPSA) is 72.6 Å². The lowest BCUT2D eigenvalue weighted by Crippen LogP contribution is -2.51. The number of nitrogens with zero attached hydrogens (tertiary/aromatic N) is 1. The molecule has 0 saturated carbocycles. The lowest BCUT2D eigenvalue weighted by atomic mass is 10.2. The van der Waals surface area contributed by atoms with E-state index in [-0.39, 0.29) is 23.6 Å². The minimum Gasteiger partial charge on any atom is -0.374 e. The quantitative estimate of drug-likeness (QED) is 0.914. The van der Waals surface area contributed by atoms with Crippen molar-refractivity contribution in [1.82, 2.24) is 4.31 Å². The van der Waals surface area contributed by atoms with Crippen molar-refractivity contribution in [3.63, 3.8) is 0 Å². The number of hydrogen-bond donors (Lipinski definition) is 1. The Bertz CT molecular complexity index is 589. The zero-order chi connectivity index (χ0) is 14.9. The average Bonchev–Trinajstić information content (AvgIpc) is 2.38. The van der Waals surface area contributed by atoms with Gasteiger partial charge in [0.15, 0.2) is 0 Å². The molecule has 1 aliphatic rings. The molecule has 2 unspecified atom stereocenters. The summed E-state index contributed by atoms with van der Waals surface area (Å²) in [5.74, 6) is 0. The first-order valence-electron chi connectivity index (χ1n) is 6.46. The molecule has 112 valence electrons. The number of sulfonamides is 1. The molecule has 2 N–H and O–H groups in total. The Balaban J connectivity index is 2.30. The molecule has 1 heterocycles. The maximum absolute atomic E-state index is 12.7. The summed E-state index contributed by atoms with van der Waals surface area (Å²) < 4.78 is 32.3. The number of halogens is 1. The van der Waals surface area contributed by atoms with Crippen molar-refractivity contribution in [2.75, 3.05) is 19.7 Å². The number of aryl methyl sites for hydroxylation is 1. The van der Waals surface area contributed by atoms with Gasteiger partial charge in [-0.1, -0.05) is 11.6 Å². The SMILES string of the molecule is Cc1cc(Cl)ccc1S(=O)(=O)N1CCOC(C(C)N)C1. The molecule has 0 aromatic heterocycles. The van der Waals surface area contributed by atoms with E-state index in [2.05, 4.69) is 0 Å². The van der Waals surface area contributed by atoms with Gasteiger partial charge in [0.1, 0.15) is 0 Å². The third-order valence-corrected chi connectivity index (χ3v) is 5.66. The van der Waals surface area contributed by atoms with E-state index in [1.807, 2.05) is 6.92 Å². The summed E-state index contributed by atoms with van der Waals surface area (Å²) in [6.45, 7) is 4.53. The first kappa shape index (κ1) is 15.7. The largest absolute Gasteiger partial charge is 0.374 e. The summed E-state index contributed by atoms with van der Waals surface area (Å²) in [4.78, 5) is 0.284. The molecule has 1 aromatic rings. The molecule has 1 saturated heterocycles. The highest BCUT2D eigenvalue weighted by Crippen LogP contribution is 2.24. The van der Waals surface area contributed by atoms with E-state index in [0.29, 0.717) is 23.7 Å². The minimum atomic E-state index is -3.54. The van der Waals surface area contributed by atoms with Crippen LogP contribution in [0.15, 0.2) is 23.1 Å². The Kier molecular flexibility index (Phi) is 4.71. The number of hydrogen-bond acceptors (Lipinski definition) is 4. The molecule has 0 aliphatic carbocycles. The first-order valence-corrected chi connectivity index (χ1v) is 8.27. The Morgan fingerprint density at radius 2 is 2.20 bits per heavy atom. The first-order chi connectivity index (χ1) is 9.32. The van der Waals surface area contributed by atoms with Crippen LogP contribution in [-0.4, -0.2) is 44.6 Å². The lowest BCUT2D eigenvalue weighted by molar-refractivity contribution is -0.0120. The molecule has 1 fully saturated rings. The van der Waals surface area contributed by atoms with Gasteiger partial charge in [-0.05, 0) is 37.6 Å². The maximum atomic E-state index is 12.7. The van der Waals surface area contributed by atoms with Crippen LogP contribution in [0.2, 0.25) is 5.02 Å². The number of ether oxygens (including phenoxy) is 1. The molecule has 20 heavy (non-hydrogen) atoms. The van der Waals surface area contributed by atoms with Crippen molar-refractivity contribution in [3.8, 4) is 0 Å². The van der Waals surface area contributed by atoms with Gasteiger partial charge in [0.2, 0.25) is 10.0 Å². The molecule has 2 atom stereocenters. The van der Waals surface area contributed by atoms with E-state index in [1.165, 1.54) is 4.31 Å². The molecular formula is C13H19ClN2O3S. The fraction of sp³-hybridized carbons (Fsp3) is 0.538. The van der Waals surface area contributed by atoms with Crippen molar-refractivity contribution in [1.29, 1.82) is 0 Å². The van der Waals surface area contributed by atoms with Crippen LogP contribution in [0.25, 0.3) is 0 Å². The van der Waals surface area contributed by atoms with E-state index >= 15 is 0 Å². The second-order valence-electron chi connectivity index (χ2n) is 5.04. The molecular weight excluding hydrogens is 300 g/mol. The molecule has 0 radical (unpaired) electrons. The van der Waals surface area contributed by atoms with Crippen LogP contribution in [0, 0.1) is 6.92 Å². The van der Waals surface area contributed by atoms with Gasteiger partial charge in [0, 0.05) is 24.2 Å². The van der Waals surface area contributed by atoms with Gasteiger partial charge in [-0.25, -0.2) is 8.42 Å². The van der Waals surface area contributed by atoms with E-state index in [0.717, 1.165) is 0 Å². The fourth-order valence-corrected chi connectivity index (χ4v) is 4.10. The van der Waals surface area contributed by atoms with Crippen molar-refractivity contribution in [3.05, 3.63) is 28.8 Å². The second kappa shape index (κ2) is 5.99. The third kappa shape index (κ3) is 3.15.